The van der Waals surface area contributed by atoms with Crippen LogP contribution < -0.4 is 16.4 Å². The molecule has 1 rings (SSSR count). The highest BCUT2D eigenvalue weighted by atomic mass is 19.1. The largest absolute Gasteiger partial charge is 0.359 e. The second-order valence-electron chi connectivity index (χ2n) is 3.87. The first-order valence-electron chi connectivity index (χ1n) is 6.05. The predicted octanol–water partition coefficient (Wildman–Crippen LogP) is 0.00180. The second kappa shape index (κ2) is 7.92. The topological polar surface area (TPSA) is 84.2 Å². The molecule has 0 aliphatic carbocycles. The van der Waals surface area contributed by atoms with Crippen molar-refractivity contribution in [2.45, 2.75) is 6.42 Å². The highest BCUT2D eigenvalue weighted by Gasteiger charge is 2.11. The van der Waals surface area contributed by atoms with Gasteiger partial charge in [-0.1, -0.05) is 11.8 Å². The Kier molecular flexibility index (Phi) is 6.20. The molecule has 0 bridgehead atoms. The monoisotopic (exact) mass is 277 g/mol. The Bertz CT molecular complexity index is 561. The van der Waals surface area contributed by atoms with Gasteiger partial charge in [0.1, 0.15) is 5.82 Å². The summed E-state index contributed by atoms with van der Waals surface area (Å²) in [5.74, 6) is 4.17. The molecule has 0 spiro atoms. The first-order chi connectivity index (χ1) is 9.58. The van der Waals surface area contributed by atoms with Crippen LogP contribution in [0.25, 0.3) is 0 Å². The highest BCUT2D eigenvalue weighted by Crippen LogP contribution is 2.10. The van der Waals surface area contributed by atoms with Crippen molar-refractivity contribution in [2.24, 2.45) is 5.73 Å². The van der Waals surface area contributed by atoms with E-state index in [1.165, 1.54) is 25.2 Å². The molecule has 0 aliphatic rings. The molecular weight excluding hydrogens is 261 g/mol. The fourth-order valence-corrected chi connectivity index (χ4v) is 1.47. The Hall–Kier alpha value is -2.39. The molecule has 106 valence electrons. The Morgan fingerprint density at radius 3 is 2.80 bits per heavy atom. The summed E-state index contributed by atoms with van der Waals surface area (Å²) in [4.78, 5) is 23.0. The molecule has 0 atom stereocenters. The molecule has 0 heterocycles. The van der Waals surface area contributed by atoms with Crippen molar-refractivity contribution in [2.75, 3.05) is 20.1 Å². The van der Waals surface area contributed by atoms with E-state index in [2.05, 4.69) is 22.5 Å². The fraction of sp³-hybridized carbons (Fsp3) is 0.286. The van der Waals surface area contributed by atoms with Gasteiger partial charge < -0.3 is 16.4 Å². The van der Waals surface area contributed by atoms with E-state index in [9.17, 15) is 14.0 Å². The number of carbonyl (C=O) groups is 2. The Balaban J connectivity index is 2.79. The summed E-state index contributed by atoms with van der Waals surface area (Å²) in [7, 11) is 1.52. The van der Waals surface area contributed by atoms with Gasteiger partial charge in [-0.2, -0.15) is 0 Å². The van der Waals surface area contributed by atoms with E-state index in [0.717, 1.165) is 0 Å². The van der Waals surface area contributed by atoms with Crippen molar-refractivity contribution >= 4 is 11.8 Å². The molecule has 20 heavy (non-hydrogen) atoms. The maximum atomic E-state index is 13.2. The normalized spacial score (nSPS) is 9.35. The van der Waals surface area contributed by atoms with Gasteiger partial charge in [-0.3, -0.25) is 9.59 Å². The second-order valence-corrected chi connectivity index (χ2v) is 3.87. The summed E-state index contributed by atoms with van der Waals surface area (Å²) < 4.78 is 13.2. The number of hydrogen-bond donors (Lipinski definition) is 3. The van der Waals surface area contributed by atoms with Crippen LogP contribution >= 0.6 is 0 Å². The minimum atomic E-state index is -0.478. The van der Waals surface area contributed by atoms with E-state index in [1.807, 2.05) is 0 Å². The van der Waals surface area contributed by atoms with Crippen LogP contribution in [0.5, 0.6) is 0 Å². The van der Waals surface area contributed by atoms with Crippen molar-refractivity contribution in [1.82, 2.24) is 10.6 Å². The van der Waals surface area contributed by atoms with Gasteiger partial charge in [0.2, 0.25) is 5.91 Å². The van der Waals surface area contributed by atoms with Gasteiger partial charge >= 0.3 is 0 Å². The van der Waals surface area contributed by atoms with Gasteiger partial charge in [0.05, 0.1) is 12.1 Å². The number of hydrogen-bond acceptors (Lipinski definition) is 3. The van der Waals surface area contributed by atoms with Crippen LogP contribution in [0.4, 0.5) is 4.39 Å². The summed E-state index contributed by atoms with van der Waals surface area (Å²) in [5, 5.41) is 5.03. The zero-order valence-electron chi connectivity index (χ0n) is 11.1. The van der Waals surface area contributed by atoms with E-state index in [0.29, 0.717) is 0 Å². The molecule has 0 aromatic heterocycles. The predicted molar refractivity (Wildman–Crippen MR) is 73.3 cm³/mol. The average molecular weight is 277 g/mol. The van der Waals surface area contributed by atoms with E-state index in [1.54, 1.807) is 0 Å². The quantitative estimate of drug-likeness (QED) is 0.677. The Morgan fingerprint density at radius 2 is 2.15 bits per heavy atom. The van der Waals surface area contributed by atoms with Crippen LogP contribution in [-0.2, 0) is 4.79 Å². The number of halogens is 1. The zero-order valence-corrected chi connectivity index (χ0v) is 11.1. The Morgan fingerprint density at radius 1 is 1.40 bits per heavy atom. The maximum Gasteiger partial charge on any atom is 0.252 e. The molecule has 1 aromatic rings. The third-order valence-corrected chi connectivity index (χ3v) is 2.47. The number of nitrogens with one attached hydrogen (secondary N) is 2. The van der Waals surface area contributed by atoms with E-state index < -0.39 is 11.7 Å². The van der Waals surface area contributed by atoms with Crippen LogP contribution in [0.2, 0.25) is 0 Å². The molecule has 0 saturated heterocycles. The minimum Gasteiger partial charge on any atom is -0.359 e. The molecule has 6 heteroatoms. The summed E-state index contributed by atoms with van der Waals surface area (Å²) >= 11 is 0. The number of amides is 2. The van der Waals surface area contributed by atoms with Gasteiger partial charge in [-0.15, -0.1) is 0 Å². The van der Waals surface area contributed by atoms with Crippen molar-refractivity contribution < 1.29 is 14.0 Å². The van der Waals surface area contributed by atoms with Crippen molar-refractivity contribution in [3.05, 3.63) is 35.1 Å². The molecule has 0 fully saturated rings. The molecule has 2 amide bonds. The van der Waals surface area contributed by atoms with Gasteiger partial charge in [0, 0.05) is 25.6 Å². The van der Waals surface area contributed by atoms with E-state index in [-0.39, 0.29) is 36.5 Å². The number of nitrogens with two attached hydrogens (primary N) is 1. The molecule has 0 aliphatic heterocycles. The number of rotatable bonds is 4. The molecule has 0 saturated carbocycles. The van der Waals surface area contributed by atoms with Crippen molar-refractivity contribution in [1.29, 1.82) is 0 Å². The van der Waals surface area contributed by atoms with E-state index in [4.69, 9.17) is 5.73 Å². The zero-order chi connectivity index (χ0) is 15.0. The van der Waals surface area contributed by atoms with Crippen LogP contribution in [0.3, 0.4) is 0 Å². The minimum absolute atomic E-state index is 0.119. The molecule has 4 N–H and O–H groups in total. The first kappa shape index (κ1) is 15.7. The average Bonchev–Trinajstić information content (AvgIpc) is 2.44. The van der Waals surface area contributed by atoms with Crippen molar-refractivity contribution in [3.8, 4) is 11.8 Å². The lowest BCUT2D eigenvalue weighted by molar-refractivity contribution is -0.120. The van der Waals surface area contributed by atoms with Gasteiger partial charge in [-0.25, -0.2) is 4.39 Å². The fourth-order valence-electron chi connectivity index (χ4n) is 1.47. The number of carbonyl (C=O) groups excluding carboxylic acids is 2. The standard InChI is InChI=1S/C14H16FN3O2/c1-17-13(19)6-8-18-14(20)12-5-4-11(15)9-10(12)3-2-7-16/h4-5,9H,6-8,16H2,1H3,(H,17,19)(H,18,20). The lowest BCUT2D eigenvalue weighted by Crippen LogP contribution is -2.29. The van der Waals surface area contributed by atoms with Gasteiger partial charge in [-0.05, 0) is 18.2 Å². The highest BCUT2D eigenvalue weighted by molar-refractivity contribution is 5.96. The van der Waals surface area contributed by atoms with Crippen LogP contribution in [0.1, 0.15) is 22.3 Å². The molecule has 5 nitrogen and oxygen atoms in total. The first-order valence-corrected chi connectivity index (χ1v) is 6.05. The molecular formula is C14H16FN3O2. The summed E-state index contributed by atoms with van der Waals surface area (Å²) in [6.45, 7) is 0.313. The van der Waals surface area contributed by atoms with Crippen LogP contribution in [0.15, 0.2) is 18.2 Å². The molecule has 1 aromatic carbocycles. The molecule has 0 unspecified atom stereocenters. The van der Waals surface area contributed by atoms with Crippen molar-refractivity contribution in [3.63, 3.8) is 0 Å². The van der Waals surface area contributed by atoms with Crippen LogP contribution in [0, 0.1) is 17.7 Å². The maximum absolute atomic E-state index is 13.2. The SMILES string of the molecule is CNC(=O)CCNC(=O)c1ccc(F)cc1C#CCN. The summed E-state index contributed by atoms with van der Waals surface area (Å²) in [6, 6.07) is 3.71. The summed E-state index contributed by atoms with van der Waals surface area (Å²) in [5.41, 5.74) is 5.78. The molecule has 0 radical (unpaired) electrons. The van der Waals surface area contributed by atoms with Gasteiger partial charge in [0.15, 0.2) is 0 Å². The third-order valence-electron chi connectivity index (χ3n) is 2.47. The lowest BCUT2D eigenvalue weighted by Gasteiger charge is -2.07. The van der Waals surface area contributed by atoms with Crippen LogP contribution in [-0.4, -0.2) is 32.0 Å². The van der Waals surface area contributed by atoms with E-state index >= 15 is 0 Å². The third kappa shape index (κ3) is 4.71. The Labute approximate surface area is 116 Å². The number of benzene rings is 1. The van der Waals surface area contributed by atoms with Gasteiger partial charge in [0.25, 0.3) is 5.91 Å². The lowest BCUT2D eigenvalue weighted by atomic mass is 10.1. The summed E-state index contributed by atoms with van der Waals surface area (Å²) in [6.07, 6.45) is 0.174. The smallest absolute Gasteiger partial charge is 0.252 e.